The number of aryl methyl sites for hydroxylation is 2. The van der Waals surface area contributed by atoms with Crippen molar-refractivity contribution in [3.8, 4) is 11.5 Å². The summed E-state index contributed by atoms with van der Waals surface area (Å²) in [5.41, 5.74) is 3.27. The van der Waals surface area contributed by atoms with Crippen LogP contribution >= 0.6 is 24.0 Å². The Morgan fingerprint density at radius 3 is 2.75 bits per heavy atom. The molecule has 0 bridgehead atoms. The van der Waals surface area contributed by atoms with Crippen LogP contribution in [0, 0.1) is 6.92 Å². The first-order valence-corrected chi connectivity index (χ1v) is 10.6. The first-order chi connectivity index (χ1) is 15.2. The van der Waals surface area contributed by atoms with E-state index >= 15 is 0 Å². The molecule has 3 aromatic rings. The van der Waals surface area contributed by atoms with Gasteiger partial charge in [-0.15, -0.1) is 34.2 Å². The summed E-state index contributed by atoms with van der Waals surface area (Å²) in [5.74, 6) is 3.02. The van der Waals surface area contributed by atoms with Crippen molar-refractivity contribution >= 4 is 35.6 Å². The zero-order valence-electron chi connectivity index (χ0n) is 18.4. The smallest absolute Gasteiger partial charge is 0.196 e. The summed E-state index contributed by atoms with van der Waals surface area (Å²) in [4.78, 5) is 4.80. The molecule has 0 atom stereocenters. The minimum Gasteiger partial charge on any atom is -0.490 e. The Balaban J connectivity index is 0.00000289. The number of halogens is 1. The van der Waals surface area contributed by atoms with Crippen LogP contribution in [0.3, 0.4) is 0 Å². The number of hydrogen-bond acceptors (Lipinski definition) is 5. The van der Waals surface area contributed by atoms with E-state index in [1.165, 1.54) is 11.1 Å². The lowest BCUT2D eigenvalue weighted by atomic mass is 10.1. The van der Waals surface area contributed by atoms with E-state index in [9.17, 15) is 0 Å². The number of nitrogens with one attached hydrogen (secondary N) is 2. The van der Waals surface area contributed by atoms with E-state index in [2.05, 4.69) is 46.8 Å². The number of hydrogen-bond donors (Lipinski definition) is 2. The van der Waals surface area contributed by atoms with Gasteiger partial charge in [0.05, 0.1) is 26.3 Å². The highest BCUT2D eigenvalue weighted by Gasteiger charge is 2.12. The molecule has 0 aliphatic carbocycles. The van der Waals surface area contributed by atoms with Gasteiger partial charge in [-0.05, 0) is 37.1 Å². The fraction of sp³-hybridized carbons (Fsp3) is 0.348. The largest absolute Gasteiger partial charge is 0.490 e. The zero-order chi connectivity index (χ0) is 21.5. The van der Waals surface area contributed by atoms with Crippen LogP contribution in [-0.2, 0) is 19.6 Å². The van der Waals surface area contributed by atoms with Crippen LogP contribution in [0.5, 0.6) is 11.5 Å². The quantitative estimate of drug-likeness (QED) is 0.274. The van der Waals surface area contributed by atoms with Gasteiger partial charge in [-0.25, -0.2) is 4.99 Å². The number of aromatic nitrogens is 3. The molecule has 0 amide bonds. The Hall–Kier alpha value is -2.82. The molecule has 4 rings (SSSR count). The van der Waals surface area contributed by atoms with Crippen molar-refractivity contribution in [3.05, 3.63) is 65.7 Å². The molecule has 0 fully saturated rings. The molecule has 9 heteroatoms. The van der Waals surface area contributed by atoms with E-state index in [-0.39, 0.29) is 24.0 Å². The van der Waals surface area contributed by atoms with Crippen LogP contribution in [-0.4, -0.2) is 33.9 Å². The predicted molar refractivity (Wildman–Crippen MR) is 136 cm³/mol. The van der Waals surface area contributed by atoms with Gasteiger partial charge < -0.3 is 24.7 Å². The van der Waals surface area contributed by atoms with Crippen molar-refractivity contribution in [1.29, 1.82) is 0 Å². The summed E-state index contributed by atoms with van der Waals surface area (Å²) in [6.07, 6.45) is 2.61. The average Bonchev–Trinajstić information content (AvgIpc) is 3.12. The molecule has 1 aliphatic rings. The van der Waals surface area contributed by atoms with Crippen LogP contribution in [0.25, 0.3) is 0 Å². The van der Waals surface area contributed by atoms with E-state index in [1.54, 1.807) is 6.33 Å². The number of benzene rings is 2. The van der Waals surface area contributed by atoms with Gasteiger partial charge in [0.25, 0.3) is 0 Å². The number of nitrogens with zero attached hydrogens (tertiary/aromatic N) is 4. The van der Waals surface area contributed by atoms with Crippen LogP contribution in [0.4, 0.5) is 5.69 Å². The third-order valence-electron chi connectivity index (χ3n) is 5.13. The Labute approximate surface area is 205 Å². The van der Waals surface area contributed by atoms with Gasteiger partial charge in [0, 0.05) is 24.7 Å². The first-order valence-electron chi connectivity index (χ1n) is 10.6. The van der Waals surface area contributed by atoms with Crippen LogP contribution in [0.1, 0.15) is 30.3 Å². The molecule has 0 unspecified atom stereocenters. The molecule has 2 N–H and O–H groups in total. The molecule has 0 saturated heterocycles. The number of ether oxygens (including phenoxy) is 2. The van der Waals surface area contributed by atoms with Gasteiger partial charge in [-0.2, -0.15) is 0 Å². The zero-order valence-corrected chi connectivity index (χ0v) is 20.7. The normalized spacial score (nSPS) is 13.1. The second-order valence-electron chi connectivity index (χ2n) is 7.32. The molecule has 170 valence electrons. The fourth-order valence-electron chi connectivity index (χ4n) is 3.31. The van der Waals surface area contributed by atoms with Gasteiger partial charge in [0.2, 0.25) is 0 Å². The molecular weight excluding hydrogens is 519 g/mol. The molecular formula is C23H29IN6O2. The molecule has 1 aromatic heterocycles. The van der Waals surface area contributed by atoms with Gasteiger partial charge in [-0.1, -0.05) is 24.3 Å². The lowest BCUT2D eigenvalue weighted by molar-refractivity contribution is 0.297. The van der Waals surface area contributed by atoms with E-state index < -0.39 is 0 Å². The van der Waals surface area contributed by atoms with Crippen molar-refractivity contribution in [1.82, 2.24) is 20.1 Å². The van der Waals surface area contributed by atoms with Crippen molar-refractivity contribution in [2.75, 3.05) is 18.5 Å². The van der Waals surface area contributed by atoms with E-state index in [4.69, 9.17) is 14.5 Å². The summed E-state index contributed by atoms with van der Waals surface area (Å²) in [5, 5.41) is 15.0. The Morgan fingerprint density at radius 2 is 1.94 bits per heavy atom. The molecule has 32 heavy (non-hydrogen) atoms. The molecule has 1 aliphatic heterocycles. The van der Waals surface area contributed by atoms with E-state index in [0.29, 0.717) is 32.3 Å². The molecule has 0 radical (unpaired) electrons. The van der Waals surface area contributed by atoms with Crippen molar-refractivity contribution < 1.29 is 9.47 Å². The first kappa shape index (κ1) is 23.8. The topological polar surface area (TPSA) is 85.6 Å². The van der Waals surface area contributed by atoms with Crippen LogP contribution < -0.4 is 20.1 Å². The summed E-state index contributed by atoms with van der Waals surface area (Å²) in [6.45, 7) is 7.37. The van der Waals surface area contributed by atoms with E-state index in [0.717, 1.165) is 36.0 Å². The molecule has 2 aromatic carbocycles. The average molecular weight is 548 g/mol. The minimum absolute atomic E-state index is 0. The molecule has 8 nitrogen and oxygen atoms in total. The maximum atomic E-state index is 5.82. The lowest BCUT2D eigenvalue weighted by Gasteiger charge is -2.15. The molecule has 0 saturated carbocycles. The number of rotatable bonds is 6. The Morgan fingerprint density at radius 1 is 1.12 bits per heavy atom. The molecule has 0 spiro atoms. The summed E-state index contributed by atoms with van der Waals surface area (Å²) >= 11 is 0. The Kier molecular flexibility index (Phi) is 8.72. The standard InChI is InChI=1S/C23H28N6O2.HI/c1-3-29-16-26-28-22(29)15-25-23(24-14-18-8-5-4-7-17(18)2)27-19-9-10-20-21(13-19)31-12-6-11-30-20;/h4-5,7-10,13,16H,3,6,11-12,14-15H2,1-2H3,(H2,24,25,27);1H. The van der Waals surface area contributed by atoms with Crippen molar-refractivity contribution in [2.24, 2.45) is 4.99 Å². The second-order valence-corrected chi connectivity index (χ2v) is 7.32. The third-order valence-corrected chi connectivity index (χ3v) is 5.13. The van der Waals surface area contributed by atoms with Crippen LogP contribution in [0.2, 0.25) is 0 Å². The highest BCUT2D eigenvalue weighted by Crippen LogP contribution is 2.32. The van der Waals surface area contributed by atoms with Gasteiger partial charge in [0.15, 0.2) is 23.3 Å². The predicted octanol–water partition coefficient (Wildman–Crippen LogP) is 4.14. The Bertz CT molecular complexity index is 1050. The summed E-state index contributed by atoms with van der Waals surface area (Å²) in [7, 11) is 0. The van der Waals surface area contributed by atoms with Gasteiger partial charge in [-0.3, -0.25) is 0 Å². The maximum absolute atomic E-state index is 5.82. The minimum atomic E-state index is 0. The SMILES string of the molecule is CCn1cnnc1CNC(=NCc1ccccc1C)Nc1ccc2c(c1)OCCCO2.I. The summed E-state index contributed by atoms with van der Waals surface area (Å²) < 4.78 is 13.5. The molecule has 2 heterocycles. The lowest BCUT2D eigenvalue weighted by Crippen LogP contribution is -2.31. The summed E-state index contributed by atoms with van der Waals surface area (Å²) in [6, 6.07) is 14.1. The number of guanidine groups is 1. The second kappa shape index (κ2) is 11.7. The van der Waals surface area contributed by atoms with Gasteiger partial charge in [0.1, 0.15) is 6.33 Å². The van der Waals surface area contributed by atoms with Gasteiger partial charge >= 0.3 is 0 Å². The van der Waals surface area contributed by atoms with Crippen LogP contribution in [0.15, 0.2) is 53.8 Å². The fourth-order valence-corrected chi connectivity index (χ4v) is 3.31. The highest BCUT2D eigenvalue weighted by atomic mass is 127. The third kappa shape index (κ3) is 6.12. The van der Waals surface area contributed by atoms with Crippen molar-refractivity contribution in [3.63, 3.8) is 0 Å². The number of aliphatic imine (C=N–C) groups is 1. The maximum Gasteiger partial charge on any atom is 0.196 e. The van der Waals surface area contributed by atoms with Crippen molar-refractivity contribution in [2.45, 2.75) is 39.9 Å². The number of fused-ring (bicyclic) bond motifs is 1. The highest BCUT2D eigenvalue weighted by molar-refractivity contribution is 14.0. The monoisotopic (exact) mass is 548 g/mol. The van der Waals surface area contributed by atoms with E-state index in [1.807, 2.05) is 34.9 Å². The number of anilines is 1.